The number of urea groups is 1. The Morgan fingerprint density at radius 2 is 2.12 bits per heavy atom. The van der Waals surface area contributed by atoms with Crippen LogP contribution >= 0.6 is 0 Å². The Morgan fingerprint density at radius 1 is 1.41 bits per heavy atom. The molecule has 0 spiro atoms. The lowest BCUT2D eigenvalue weighted by molar-refractivity contribution is -0.119. The summed E-state index contributed by atoms with van der Waals surface area (Å²) in [6.45, 7) is 4.48. The Kier molecular flexibility index (Phi) is 3.86. The van der Waals surface area contributed by atoms with Gasteiger partial charge in [-0.1, -0.05) is 6.92 Å². The first-order valence-corrected chi connectivity index (χ1v) is 6.47. The summed E-state index contributed by atoms with van der Waals surface area (Å²) in [5.74, 6) is 0.823. The molecule has 2 rings (SSSR count). The number of piperidine rings is 1. The number of hydrogen-bond acceptors (Lipinski definition) is 2. The summed E-state index contributed by atoms with van der Waals surface area (Å²) in [7, 11) is 0. The number of likely N-dealkylation sites (tertiary alicyclic amines) is 1. The first kappa shape index (κ1) is 12.2. The fourth-order valence-corrected chi connectivity index (χ4v) is 2.36. The molecule has 5 nitrogen and oxygen atoms in total. The van der Waals surface area contributed by atoms with Gasteiger partial charge in [0.2, 0.25) is 5.91 Å². The van der Waals surface area contributed by atoms with E-state index in [4.69, 9.17) is 0 Å². The molecule has 3 amide bonds. The van der Waals surface area contributed by atoms with Gasteiger partial charge in [-0.05, 0) is 25.2 Å². The maximum absolute atomic E-state index is 11.8. The van der Waals surface area contributed by atoms with Crippen LogP contribution in [0.4, 0.5) is 4.79 Å². The molecule has 2 aliphatic heterocycles. The van der Waals surface area contributed by atoms with E-state index in [1.54, 1.807) is 0 Å². The van der Waals surface area contributed by atoms with E-state index in [0.29, 0.717) is 13.0 Å². The molecule has 17 heavy (non-hydrogen) atoms. The fourth-order valence-electron chi connectivity index (χ4n) is 2.36. The largest absolute Gasteiger partial charge is 0.352 e. The summed E-state index contributed by atoms with van der Waals surface area (Å²) >= 11 is 0. The highest BCUT2D eigenvalue weighted by molar-refractivity contribution is 5.79. The minimum absolute atomic E-state index is 0.0121. The summed E-state index contributed by atoms with van der Waals surface area (Å²) in [4.78, 5) is 24.7. The van der Waals surface area contributed by atoms with E-state index in [2.05, 4.69) is 17.6 Å². The van der Waals surface area contributed by atoms with Gasteiger partial charge in [-0.2, -0.15) is 0 Å². The van der Waals surface area contributed by atoms with Gasteiger partial charge in [-0.25, -0.2) is 4.79 Å². The summed E-state index contributed by atoms with van der Waals surface area (Å²) in [6.07, 6.45) is 3.60. The molecular weight excluding hydrogens is 218 g/mol. The van der Waals surface area contributed by atoms with Crippen LogP contribution < -0.4 is 10.6 Å². The Hall–Kier alpha value is -1.26. The highest BCUT2D eigenvalue weighted by Gasteiger charge is 2.23. The fraction of sp³-hybridized carbons (Fsp3) is 0.833. The van der Waals surface area contributed by atoms with Crippen molar-refractivity contribution in [2.24, 2.45) is 5.92 Å². The van der Waals surface area contributed by atoms with Gasteiger partial charge in [0.15, 0.2) is 0 Å². The maximum atomic E-state index is 11.8. The second-order valence-corrected chi connectivity index (χ2v) is 5.16. The number of amides is 3. The van der Waals surface area contributed by atoms with Crippen LogP contribution in [-0.2, 0) is 4.79 Å². The van der Waals surface area contributed by atoms with Gasteiger partial charge >= 0.3 is 6.03 Å². The second kappa shape index (κ2) is 5.38. The van der Waals surface area contributed by atoms with Crippen LogP contribution in [0.5, 0.6) is 0 Å². The predicted octanol–water partition coefficient (Wildman–Crippen LogP) is 0.706. The van der Waals surface area contributed by atoms with Gasteiger partial charge < -0.3 is 15.5 Å². The maximum Gasteiger partial charge on any atom is 0.317 e. The molecule has 0 radical (unpaired) electrons. The second-order valence-electron chi connectivity index (χ2n) is 5.16. The van der Waals surface area contributed by atoms with Gasteiger partial charge in [0.1, 0.15) is 0 Å². The Morgan fingerprint density at radius 3 is 2.71 bits per heavy atom. The van der Waals surface area contributed by atoms with Crippen molar-refractivity contribution in [3.8, 4) is 0 Å². The van der Waals surface area contributed by atoms with E-state index in [-0.39, 0.29) is 18.0 Å². The third kappa shape index (κ3) is 3.35. The van der Waals surface area contributed by atoms with Crippen LogP contribution in [0.1, 0.15) is 32.6 Å². The van der Waals surface area contributed by atoms with Crippen LogP contribution in [0.2, 0.25) is 0 Å². The quantitative estimate of drug-likeness (QED) is 0.745. The normalized spacial score (nSPS) is 25.8. The number of carbonyl (C=O) groups excluding carboxylic acids is 2. The van der Waals surface area contributed by atoms with Crippen molar-refractivity contribution in [2.75, 3.05) is 19.6 Å². The lowest BCUT2D eigenvalue weighted by Crippen LogP contribution is -2.47. The third-order valence-corrected chi connectivity index (χ3v) is 3.66. The SMILES string of the molecule is CC1CCN(C(=O)NCC2CCC(=O)N2)CC1. The molecule has 2 saturated heterocycles. The van der Waals surface area contributed by atoms with E-state index in [0.717, 1.165) is 38.3 Å². The van der Waals surface area contributed by atoms with Crippen LogP contribution in [-0.4, -0.2) is 42.5 Å². The zero-order valence-electron chi connectivity index (χ0n) is 10.4. The van der Waals surface area contributed by atoms with Gasteiger partial charge in [-0.15, -0.1) is 0 Å². The first-order valence-electron chi connectivity index (χ1n) is 6.47. The van der Waals surface area contributed by atoms with Crippen molar-refractivity contribution < 1.29 is 9.59 Å². The zero-order chi connectivity index (χ0) is 12.3. The molecule has 2 aliphatic rings. The molecule has 0 bridgehead atoms. The van der Waals surface area contributed by atoms with E-state index >= 15 is 0 Å². The van der Waals surface area contributed by atoms with E-state index < -0.39 is 0 Å². The van der Waals surface area contributed by atoms with Crippen molar-refractivity contribution in [3.63, 3.8) is 0 Å². The number of nitrogens with one attached hydrogen (secondary N) is 2. The van der Waals surface area contributed by atoms with Crippen molar-refractivity contribution in [1.29, 1.82) is 0 Å². The molecule has 5 heteroatoms. The van der Waals surface area contributed by atoms with Crippen LogP contribution in [0.15, 0.2) is 0 Å². The molecule has 2 heterocycles. The van der Waals surface area contributed by atoms with Crippen molar-refractivity contribution in [3.05, 3.63) is 0 Å². The van der Waals surface area contributed by atoms with Crippen molar-refractivity contribution in [2.45, 2.75) is 38.6 Å². The molecule has 1 atom stereocenters. The Bertz CT molecular complexity index is 298. The first-order chi connectivity index (χ1) is 8.15. The summed E-state index contributed by atoms with van der Waals surface area (Å²) < 4.78 is 0. The molecular formula is C12H21N3O2. The monoisotopic (exact) mass is 239 g/mol. The van der Waals surface area contributed by atoms with Crippen molar-refractivity contribution in [1.82, 2.24) is 15.5 Å². The minimum Gasteiger partial charge on any atom is -0.352 e. The van der Waals surface area contributed by atoms with Crippen molar-refractivity contribution >= 4 is 11.9 Å². The lowest BCUT2D eigenvalue weighted by Gasteiger charge is -2.30. The zero-order valence-corrected chi connectivity index (χ0v) is 10.4. The molecule has 0 aromatic heterocycles. The van der Waals surface area contributed by atoms with Crippen LogP contribution in [0, 0.1) is 5.92 Å². The topological polar surface area (TPSA) is 61.4 Å². The molecule has 96 valence electrons. The number of carbonyl (C=O) groups is 2. The molecule has 0 aliphatic carbocycles. The lowest BCUT2D eigenvalue weighted by atomic mass is 10.00. The Labute approximate surface area is 102 Å². The van der Waals surface area contributed by atoms with Gasteiger partial charge in [0.05, 0.1) is 0 Å². The van der Waals surface area contributed by atoms with E-state index in [9.17, 15) is 9.59 Å². The average Bonchev–Trinajstić information content (AvgIpc) is 2.73. The van der Waals surface area contributed by atoms with Crippen LogP contribution in [0.25, 0.3) is 0 Å². The molecule has 0 saturated carbocycles. The highest BCUT2D eigenvalue weighted by Crippen LogP contribution is 2.15. The van der Waals surface area contributed by atoms with Crippen LogP contribution in [0.3, 0.4) is 0 Å². The number of nitrogens with zero attached hydrogens (tertiary/aromatic N) is 1. The summed E-state index contributed by atoms with van der Waals surface area (Å²) in [6, 6.07) is 0.133. The van der Waals surface area contributed by atoms with Gasteiger partial charge in [0.25, 0.3) is 0 Å². The summed E-state index contributed by atoms with van der Waals surface area (Å²) in [5.41, 5.74) is 0. The molecule has 0 aromatic carbocycles. The molecule has 2 fully saturated rings. The highest BCUT2D eigenvalue weighted by atomic mass is 16.2. The molecule has 0 aromatic rings. The Balaban J connectivity index is 1.68. The van der Waals surface area contributed by atoms with Gasteiger partial charge in [-0.3, -0.25) is 4.79 Å². The number of rotatable bonds is 2. The molecule has 1 unspecified atom stereocenters. The third-order valence-electron chi connectivity index (χ3n) is 3.66. The summed E-state index contributed by atoms with van der Waals surface area (Å²) in [5, 5.41) is 5.75. The minimum atomic E-state index is 0.0121. The number of hydrogen-bond donors (Lipinski definition) is 2. The van der Waals surface area contributed by atoms with E-state index in [1.807, 2.05) is 4.90 Å². The standard InChI is InChI=1S/C12H21N3O2/c1-9-4-6-15(7-5-9)12(17)13-8-10-2-3-11(16)14-10/h9-10H,2-8H2,1H3,(H,13,17)(H,14,16). The predicted molar refractivity (Wildman–Crippen MR) is 64.5 cm³/mol. The average molecular weight is 239 g/mol. The smallest absolute Gasteiger partial charge is 0.317 e. The van der Waals surface area contributed by atoms with Gasteiger partial charge in [0, 0.05) is 32.1 Å². The molecule has 2 N–H and O–H groups in total. The van der Waals surface area contributed by atoms with E-state index in [1.165, 1.54) is 0 Å².